The summed E-state index contributed by atoms with van der Waals surface area (Å²) < 4.78 is 2.01. The minimum Gasteiger partial charge on any atom is -0.308 e. The summed E-state index contributed by atoms with van der Waals surface area (Å²) >= 11 is 1.53. The summed E-state index contributed by atoms with van der Waals surface area (Å²) in [7, 11) is 0. The number of carbonyl (C=O) groups is 1. The molecular formula is C23H23N3OS. The summed E-state index contributed by atoms with van der Waals surface area (Å²) in [6, 6.07) is 20.3. The van der Waals surface area contributed by atoms with Gasteiger partial charge in [0.2, 0.25) is 0 Å². The van der Waals surface area contributed by atoms with Gasteiger partial charge in [0.05, 0.1) is 17.1 Å². The van der Waals surface area contributed by atoms with Gasteiger partial charge in [-0.05, 0) is 44.0 Å². The number of para-hydroxylation sites is 1. The summed E-state index contributed by atoms with van der Waals surface area (Å²) in [5.74, 6) is 0.0451. The van der Waals surface area contributed by atoms with E-state index in [-0.39, 0.29) is 5.91 Å². The molecule has 0 radical (unpaired) electrons. The van der Waals surface area contributed by atoms with E-state index in [4.69, 9.17) is 0 Å². The number of amides is 1. The Hall–Kier alpha value is -2.92. The molecule has 1 amide bonds. The molecule has 4 aromatic rings. The molecule has 4 nitrogen and oxygen atoms in total. The van der Waals surface area contributed by atoms with Gasteiger partial charge in [-0.25, -0.2) is 0 Å². The zero-order chi connectivity index (χ0) is 19.7. The van der Waals surface area contributed by atoms with Crippen molar-refractivity contribution in [2.45, 2.75) is 27.3 Å². The van der Waals surface area contributed by atoms with Crippen molar-refractivity contribution in [1.29, 1.82) is 0 Å². The van der Waals surface area contributed by atoms with Crippen molar-refractivity contribution in [3.8, 4) is 0 Å². The fraction of sp³-hybridized carbons (Fsp3) is 0.217. The monoisotopic (exact) mass is 389 g/mol. The van der Waals surface area contributed by atoms with Gasteiger partial charge >= 0.3 is 0 Å². The molecule has 28 heavy (non-hydrogen) atoms. The van der Waals surface area contributed by atoms with Crippen LogP contribution in [0.2, 0.25) is 0 Å². The van der Waals surface area contributed by atoms with E-state index in [1.54, 1.807) is 0 Å². The van der Waals surface area contributed by atoms with Crippen LogP contribution in [0.3, 0.4) is 0 Å². The largest absolute Gasteiger partial charge is 0.308 e. The number of rotatable bonds is 5. The predicted molar refractivity (Wildman–Crippen MR) is 116 cm³/mol. The van der Waals surface area contributed by atoms with E-state index in [1.165, 1.54) is 16.9 Å². The summed E-state index contributed by atoms with van der Waals surface area (Å²) in [4.78, 5) is 16.9. The van der Waals surface area contributed by atoms with E-state index >= 15 is 0 Å². The van der Waals surface area contributed by atoms with E-state index in [0.29, 0.717) is 13.1 Å². The Kier molecular flexibility index (Phi) is 5.01. The summed E-state index contributed by atoms with van der Waals surface area (Å²) in [5.41, 5.74) is 4.23. The lowest BCUT2D eigenvalue weighted by Crippen LogP contribution is -2.30. The third kappa shape index (κ3) is 3.34. The molecule has 2 aromatic carbocycles. The van der Waals surface area contributed by atoms with Gasteiger partial charge in [-0.15, -0.1) is 11.3 Å². The van der Waals surface area contributed by atoms with Gasteiger partial charge in [-0.3, -0.25) is 9.48 Å². The third-order valence-electron chi connectivity index (χ3n) is 4.96. The van der Waals surface area contributed by atoms with Gasteiger partial charge in [0.15, 0.2) is 0 Å². The molecule has 5 heteroatoms. The summed E-state index contributed by atoms with van der Waals surface area (Å²) in [6.45, 7) is 7.39. The van der Waals surface area contributed by atoms with Crippen molar-refractivity contribution in [3.63, 3.8) is 0 Å². The van der Waals surface area contributed by atoms with Gasteiger partial charge in [0.1, 0.15) is 4.83 Å². The SMILES string of the molecule is CCN(C(=O)c1cc2c(C)nn(Cc3ccccc3)c2s1)c1ccccc1C. The third-order valence-corrected chi connectivity index (χ3v) is 6.10. The van der Waals surface area contributed by atoms with Gasteiger partial charge in [-0.1, -0.05) is 48.5 Å². The Bertz CT molecular complexity index is 1130. The number of nitrogens with zero attached hydrogens (tertiary/aromatic N) is 3. The van der Waals surface area contributed by atoms with Gasteiger partial charge in [-0.2, -0.15) is 5.10 Å². The van der Waals surface area contributed by atoms with Crippen molar-refractivity contribution in [3.05, 3.63) is 82.4 Å². The van der Waals surface area contributed by atoms with Gasteiger partial charge in [0, 0.05) is 17.6 Å². The highest BCUT2D eigenvalue weighted by Crippen LogP contribution is 2.31. The molecule has 142 valence electrons. The second-order valence-electron chi connectivity index (χ2n) is 6.89. The van der Waals surface area contributed by atoms with Crippen LogP contribution in [0.25, 0.3) is 10.2 Å². The molecule has 0 saturated heterocycles. The molecule has 0 aliphatic rings. The Morgan fingerprint density at radius 3 is 2.50 bits per heavy atom. The maximum Gasteiger partial charge on any atom is 0.268 e. The zero-order valence-electron chi connectivity index (χ0n) is 16.3. The second-order valence-corrected chi connectivity index (χ2v) is 7.92. The summed E-state index contributed by atoms with van der Waals surface area (Å²) in [5, 5.41) is 5.75. The van der Waals surface area contributed by atoms with Crippen LogP contribution in [-0.2, 0) is 6.54 Å². The molecule has 0 aliphatic carbocycles. The number of aromatic nitrogens is 2. The standard InChI is InChI=1S/C23H23N3OS/c1-4-25(20-13-9-8-10-16(20)2)22(27)21-14-19-17(3)24-26(23(19)28-21)15-18-11-6-5-7-12-18/h5-14H,4,15H2,1-3H3. The van der Waals surface area contributed by atoms with Crippen molar-refractivity contribution < 1.29 is 4.79 Å². The quantitative estimate of drug-likeness (QED) is 0.456. The number of hydrogen-bond acceptors (Lipinski definition) is 3. The van der Waals surface area contributed by atoms with E-state index in [2.05, 4.69) is 17.2 Å². The van der Waals surface area contributed by atoms with Crippen LogP contribution in [0.1, 0.15) is 33.4 Å². The minimum absolute atomic E-state index is 0.0451. The van der Waals surface area contributed by atoms with Gasteiger partial charge in [0.25, 0.3) is 5.91 Å². The number of benzene rings is 2. The topological polar surface area (TPSA) is 38.1 Å². The van der Waals surface area contributed by atoms with Crippen LogP contribution >= 0.6 is 11.3 Å². The van der Waals surface area contributed by atoms with E-state index in [1.807, 2.05) is 78.9 Å². The molecule has 0 fully saturated rings. The predicted octanol–water partition coefficient (Wildman–Crippen LogP) is 5.43. The molecule has 2 aromatic heterocycles. The van der Waals surface area contributed by atoms with Crippen molar-refractivity contribution >= 4 is 33.1 Å². The number of carbonyl (C=O) groups excluding carboxylic acids is 1. The van der Waals surface area contributed by atoms with Crippen LogP contribution in [0.4, 0.5) is 5.69 Å². The smallest absolute Gasteiger partial charge is 0.268 e. The van der Waals surface area contributed by atoms with Crippen molar-refractivity contribution in [1.82, 2.24) is 9.78 Å². The van der Waals surface area contributed by atoms with Crippen molar-refractivity contribution in [2.24, 2.45) is 0 Å². The van der Waals surface area contributed by atoms with Crippen LogP contribution in [-0.4, -0.2) is 22.2 Å². The average molecular weight is 390 g/mol. The second kappa shape index (κ2) is 7.60. The number of aryl methyl sites for hydroxylation is 2. The van der Waals surface area contributed by atoms with Crippen LogP contribution in [0.5, 0.6) is 0 Å². The molecule has 4 rings (SSSR count). The molecule has 0 bridgehead atoms. The molecule has 0 N–H and O–H groups in total. The molecule has 0 atom stereocenters. The van der Waals surface area contributed by atoms with Crippen molar-refractivity contribution in [2.75, 3.05) is 11.4 Å². The van der Waals surface area contributed by atoms with E-state index in [0.717, 1.165) is 32.0 Å². The summed E-state index contributed by atoms with van der Waals surface area (Å²) in [6.07, 6.45) is 0. The average Bonchev–Trinajstić information content (AvgIpc) is 3.26. The lowest BCUT2D eigenvalue weighted by Gasteiger charge is -2.22. The maximum absolute atomic E-state index is 13.3. The number of anilines is 1. The Morgan fingerprint density at radius 1 is 1.07 bits per heavy atom. The lowest BCUT2D eigenvalue weighted by atomic mass is 10.1. The first-order chi connectivity index (χ1) is 13.6. The normalized spacial score (nSPS) is 11.1. The van der Waals surface area contributed by atoms with Crippen LogP contribution in [0.15, 0.2) is 60.7 Å². The number of thiophene rings is 1. The zero-order valence-corrected chi connectivity index (χ0v) is 17.2. The first-order valence-corrected chi connectivity index (χ1v) is 10.3. The van der Waals surface area contributed by atoms with Crippen LogP contribution in [0, 0.1) is 13.8 Å². The lowest BCUT2D eigenvalue weighted by molar-refractivity contribution is 0.0992. The van der Waals surface area contributed by atoms with Crippen LogP contribution < -0.4 is 4.90 Å². The fourth-order valence-electron chi connectivity index (χ4n) is 3.50. The highest BCUT2D eigenvalue weighted by molar-refractivity contribution is 7.20. The van der Waals surface area contributed by atoms with E-state index < -0.39 is 0 Å². The maximum atomic E-state index is 13.3. The first-order valence-electron chi connectivity index (χ1n) is 9.47. The highest BCUT2D eigenvalue weighted by atomic mass is 32.1. The fourth-order valence-corrected chi connectivity index (χ4v) is 4.61. The Balaban J connectivity index is 1.70. The molecule has 0 saturated carbocycles. The molecule has 0 unspecified atom stereocenters. The Morgan fingerprint density at radius 2 is 1.79 bits per heavy atom. The first kappa shape index (κ1) is 18.4. The Labute approximate surface area is 169 Å². The molecule has 2 heterocycles. The molecular weight excluding hydrogens is 366 g/mol. The molecule has 0 aliphatic heterocycles. The number of fused-ring (bicyclic) bond motifs is 1. The van der Waals surface area contributed by atoms with Gasteiger partial charge < -0.3 is 4.90 Å². The van der Waals surface area contributed by atoms with E-state index in [9.17, 15) is 4.79 Å². The minimum atomic E-state index is 0.0451. The highest BCUT2D eigenvalue weighted by Gasteiger charge is 2.22. The molecule has 0 spiro atoms. The number of hydrogen-bond donors (Lipinski definition) is 0.